The molecule has 1 heterocycles. The van der Waals surface area contributed by atoms with Crippen molar-refractivity contribution in [2.45, 2.75) is 13.8 Å². The van der Waals surface area contributed by atoms with Crippen LogP contribution in [0.5, 0.6) is 0 Å². The smallest absolute Gasteiger partial charge is 0.266 e. The Morgan fingerprint density at radius 1 is 1.42 bits per heavy atom. The second kappa shape index (κ2) is 6.02. The van der Waals surface area contributed by atoms with Gasteiger partial charge in [-0.2, -0.15) is 0 Å². The van der Waals surface area contributed by atoms with Crippen molar-refractivity contribution in [1.29, 1.82) is 0 Å². The first-order valence-electron chi connectivity index (χ1n) is 6.17. The molecule has 2 rings (SSSR count). The summed E-state index contributed by atoms with van der Waals surface area (Å²) >= 11 is 1.34. The van der Waals surface area contributed by atoms with Gasteiger partial charge in [-0.15, -0.1) is 0 Å². The van der Waals surface area contributed by atoms with E-state index in [0.29, 0.717) is 23.6 Å². The Balaban J connectivity index is 2.31. The monoisotopic (exact) mass is 278 g/mol. The van der Waals surface area contributed by atoms with Gasteiger partial charge in [0.1, 0.15) is 5.82 Å². The number of hydrogen-bond acceptors (Lipinski definition) is 3. The highest BCUT2D eigenvalue weighted by molar-refractivity contribution is 8.18. The van der Waals surface area contributed by atoms with Gasteiger partial charge in [0.25, 0.3) is 5.91 Å². The van der Waals surface area contributed by atoms with Gasteiger partial charge in [0.15, 0.2) is 5.17 Å². The molecule has 1 aliphatic rings. The fraction of sp³-hybridized carbons (Fsp3) is 0.286. The SMILES string of the molecule is CCN=C1S/C(=C\c2cccc(F)c2)C(=O)N1CC. The van der Waals surface area contributed by atoms with Crippen LogP contribution in [-0.2, 0) is 4.79 Å². The Morgan fingerprint density at radius 2 is 2.21 bits per heavy atom. The van der Waals surface area contributed by atoms with E-state index in [1.807, 2.05) is 13.8 Å². The van der Waals surface area contributed by atoms with E-state index >= 15 is 0 Å². The summed E-state index contributed by atoms with van der Waals surface area (Å²) in [5, 5.41) is 0.720. The van der Waals surface area contributed by atoms with Crippen molar-refractivity contribution in [3.63, 3.8) is 0 Å². The molecule has 3 nitrogen and oxygen atoms in total. The largest absolute Gasteiger partial charge is 0.287 e. The van der Waals surface area contributed by atoms with Gasteiger partial charge < -0.3 is 0 Å². The van der Waals surface area contributed by atoms with Crippen molar-refractivity contribution in [1.82, 2.24) is 4.90 Å². The molecule has 0 radical (unpaired) electrons. The standard InChI is InChI=1S/C14H15FN2OS/c1-3-16-14-17(4-2)13(18)12(19-14)9-10-6-5-7-11(15)8-10/h5-9H,3-4H2,1-2H3/b12-9-,16-14?. The Kier molecular flexibility index (Phi) is 4.37. The van der Waals surface area contributed by atoms with Crippen LogP contribution in [0.15, 0.2) is 34.2 Å². The van der Waals surface area contributed by atoms with Crippen LogP contribution in [-0.4, -0.2) is 29.1 Å². The minimum Gasteiger partial charge on any atom is -0.287 e. The lowest BCUT2D eigenvalue weighted by molar-refractivity contribution is -0.122. The van der Waals surface area contributed by atoms with Crippen molar-refractivity contribution in [2.75, 3.05) is 13.1 Å². The van der Waals surface area contributed by atoms with Gasteiger partial charge in [-0.3, -0.25) is 14.7 Å². The summed E-state index contributed by atoms with van der Waals surface area (Å²) in [6, 6.07) is 6.19. The van der Waals surface area contributed by atoms with Gasteiger partial charge in [0.05, 0.1) is 4.91 Å². The number of carbonyl (C=O) groups is 1. The summed E-state index contributed by atoms with van der Waals surface area (Å²) in [5.41, 5.74) is 0.685. The molecule has 100 valence electrons. The number of amides is 1. The molecule has 5 heteroatoms. The molecule has 1 aromatic rings. The number of amidine groups is 1. The number of aliphatic imine (C=N–C) groups is 1. The predicted molar refractivity (Wildman–Crippen MR) is 77.3 cm³/mol. The van der Waals surface area contributed by atoms with E-state index in [0.717, 1.165) is 5.17 Å². The Hall–Kier alpha value is -1.62. The molecular formula is C14H15FN2OS. The lowest BCUT2D eigenvalue weighted by Gasteiger charge is -2.11. The third-order valence-electron chi connectivity index (χ3n) is 2.64. The zero-order chi connectivity index (χ0) is 13.8. The molecule has 1 fully saturated rings. The highest BCUT2D eigenvalue weighted by atomic mass is 32.2. The summed E-state index contributed by atoms with van der Waals surface area (Å²) < 4.78 is 13.1. The van der Waals surface area contributed by atoms with E-state index < -0.39 is 0 Å². The van der Waals surface area contributed by atoms with Crippen LogP contribution in [0.25, 0.3) is 6.08 Å². The van der Waals surface area contributed by atoms with Gasteiger partial charge in [0, 0.05) is 13.1 Å². The number of thioether (sulfide) groups is 1. The molecule has 0 spiro atoms. The second-order valence-electron chi connectivity index (χ2n) is 3.97. The normalized spacial score (nSPS) is 19.7. The molecule has 1 saturated heterocycles. The van der Waals surface area contributed by atoms with Crippen LogP contribution >= 0.6 is 11.8 Å². The van der Waals surface area contributed by atoms with E-state index in [2.05, 4.69) is 4.99 Å². The molecule has 0 saturated carbocycles. The molecule has 0 atom stereocenters. The minimum atomic E-state index is -0.306. The van der Waals surface area contributed by atoms with E-state index in [1.54, 1.807) is 23.1 Å². The zero-order valence-electron chi connectivity index (χ0n) is 10.9. The van der Waals surface area contributed by atoms with E-state index in [1.165, 1.54) is 23.9 Å². The van der Waals surface area contributed by atoms with Gasteiger partial charge >= 0.3 is 0 Å². The van der Waals surface area contributed by atoms with Crippen LogP contribution < -0.4 is 0 Å². The predicted octanol–water partition coefficient (Wildman–Crippen LogP) is 3.14. The Bertz CT molecular complexity index is 554. The maximum Gasteiger partial charge on any atom is 0.266 e. The Labute approximate surface area is 116 Å². The number of carbonyl (C=O) groups excluding carboxylic acids is 1. The number of rotatable bonds is 3. The maximum absolute atomic E-state index is 13.1. The molecule has 1 amide bonds. The molecule has 0 bridgehead atoms. The first-order chi connectivity index (χ1) is 9.15. The molecule has 0 aromatic heterocycles. The van der Waals surface area contributed by atoms with Crippen molar-refractivity contribution in [3.05, 3.63) is 40.6 Å². The molecular weight excluding hydrogens is 263 g/mol. The van der Waals surface area contributed by atoms with Crippen LogP contribution in [0.4, 0.5) is 4.39 Å². The topological polar surface area (TPSA) is 32.7 Å². The van der Waals surface area contributed by atoms with E-state index in [9.17, 15) is 9.18 Å². The number of benzene rings is 1. The van der Waals surface area contributed by atoms with Crippen molar-refractivity contribution < 1.29 is 9.18 Å². The summed E-state index contributed by atoms with van der Waals surface area (Å²) in [4.78, 5) is 18.7. The Morgan fingerprint density at radius 3 is 2.84 bits per heavy atom. The summed E-state index contributed by atoms with van der Waals surface area (Å²) in [5.74, 6) is -0.372. The van der Waals surface area contributed by atoms with Crippen LogP contribution in [0.3, 0.4) is 0 Å². The van der Waals surface area contributed by atoms with Crippen LogP contribution in [0, 0.1) is 5.82 Å². The molecule has 0 unspecified atom stereocenters. The highest BCUT2D eigenvalue weighted by Crippen LogP contribution is 2.32. The zero-order valence-corrected chi connectivity index (χ0v) is 11.7. The number of hydrogen-bond donors (Lipinski definition) is 0. The van der Waals surface area contributed by atoms with Crippen LogP contribution in [0.2, 0.25) is 0 Å². The fourth-order valence-corrected chi connectivity index (χ4v) is 2.89. The van der Waals surface area contributed by atoms with Crippen molar-refractivity contribution in [2.24, 2.45) is 4.99 Å². The summed E-state index contributed by atoms with van der Waals surface area (Å²) in [7, 11) is 0. The van der Waals surface area contributed by atoms with Gasteiger partial charge in [0.2, 0.25) is 0 Å². The summed E-state index contributed by atoms with van der Waals surface area (Å²) in [6.45, 7) is 5.07. The van der Waals surface area contributed by atoms with E-state index in [-0.39, 0.29) is 11.7 Å². The summed E-state index contributed by atoms with van der Waals surface area (Å²) in [6.07, 6.45) is 1.71. The second-order valence-corrected chi connectivity index (χ2v) is 4.98. The molecule has 0 N–H and O–H groups in total. The highest BCUT2D eigenvalue weighted by Gasteiger charge is 2.31. The number of nitrogens with zero attached hydrogens (tertiary/aromatic N) is 2. The lowest BCUT2D eigenvalue weighted by Crippen LogP contribution is -2.28. The average Bonchev–Trinajstić information content (AvgIpc) is 2.66. The molecule has 0 aliphatic carbocycles. The number of likely N-dealkylation sites (N-methyl/N-ethyl adjacent to an activating group) is 1. The van der Waals surface area contributed by atoms with Crippen molar-refractivity contribution in [3.8, 4) is 0 Å². The molecule has 19 heavy (non-hydrogen) atoms. The first kappa shape index (κ1) is 13.8. The molecule has 1 aliphatic heterocycles. The minimum absolute atomic E-state index is 0.0658. The van der Waals surface area contributed by atoms with E-state index in [4.69, 9.17) is 0 Å². The van der Waals surface area contributed by atoms with Crippen molar-refractivity contribution >= 4 is 28.9 Å². The number of halogens is 1. The maximum atomic E-state index is 13.1. The molecule has 1 aromatic carbocycles. The van der Waals surface area contributed by atoms with Crippen LogP contribution in [0.1, 0.15) is 19.4 Å². The first-order valence-corrected chi connectivity index (χ1v) is 6.98. The average molecular weight is 278 g/mol. The lowest BCUT2D eigenvalue weighted by atomic mass is 10.2. The van der Waals surface area contributed by atoms with Gasteiger partial charge in [-0.05, 0) is 49.4 Å². The third kappa shape index (κ3) is 3.04. The van der Waals surface area contributed by atoms with Gasteiger partial charge in [-0.25, -0.2) is 4.39 Å². The quantitative estimate of drug-likeness (QED) is 0.796. The fourth-order valence-electron chi connectivity index (χ4n) is 1.79. The third-order valence-corrected chi connectivity index (χ3v) is 3.69. The van der Waals surface area contributed by atoms with Gasteiger partial charge in [-0.1, -0.05) is 12.1 Å².